The molecule has 0 saturated carbocycles. The van der Waals surface area contributed by atoms with E-state index in [4.69, 9.17) is 28.3 Å². The maximum absolute atomic E-state index is 11.9. The number of aliphatic carboxylic acids is 1. The van der Waals surface area contributed by atoms with E-state index in [2.05, 4.69) is 5.32 Å². The molecule has 6 heteroatoms. The first kappa shape index (κ1) is 14.9. The number of hydrogen-bond donors (Lipinski definition) is 2. The van der Waals surface area contributed by atoms with Crippen LogP contribution in [0.2, 0.25) is 10.0 Å². The highest BCUT2D eigenvalue weighted by atomic mass is 35.5. The lowest BCUT2D eigenvalue weighted by atomic mass is 10.1. The third kappa shape index (κ3) is 3.74. The van der Waals surface area contributed by atoms with Gasteiger partial charge < -0.3 is 10.4 Å². The van der Waals surface area contributed by atoms with Gasteiger partial charge in [0.25, 0.3) is 0 Å². The van der Waals surface area contributed by atoms with Gasteiger partial charge in [0.2, 0.25) is 5.91 Å². The van der Waals surface area contributed by atoms with Crippen molar-refractivity contribution in [2.24, 2.45) is 5.92 Å². The molecule has 4 nitrogen and oxygen atoms in total. The van der Waals surface area contributed by atoms with Crippen molar-refractivity contribution in [2.45, 2.75) is 18.9 Å². The third-order valence-electron chi connectivity index (χ3n) is 3.10. The van der Waals surface area contributed by atoms with Crippen LogP contribution in [-0.2, 0) is 16.0 Å². The van der Waals surface area contributed by atoms with Gasteiger partial charge >= 0.3 is 5.97 Å². The standard InChI is InChI=1S/C14H13Cl2NO3/c15-11-4-1-8(5-12(11)16)6-13(18)17-10-3-2-9(7-10)14(19)20/h1-5,9-10H,6-7H2,(H,17,18)(H,19,20). The van der Waals surface area contributed by atoms with Gasteiger partial charge in [-0.25, -0.2) is 0 Å². The Kier molecular flexibility index (Phi) is 4.68. The van der Waals surface area contributed by atoms with E-state index >= 15 is 0 Å². The Morgan fingerprint density at radius 1 is 1.25 bits per heavy atom. The van der Waals surface area contributed by atoms with Crippen molar-refractivity contribution < 1.29 is 14.7 Å². The van der Waals surface area contributed by atoms with E-state index in [-0.39, 0.29) is 18.4 Å². The number of amides is 1. The summed E-state index contributed by atoms with van der Waals surface area (Å²) in [4.78, 5) is 22.7. The minimum Gasteiger partial charge on any atom is -0.481 e. The second-order valence-electron chi connectivity index (χ2n) is 4.66. The first-order chi connectivity index (χ1) is 9.45. The van der Waals surface area contributed by atoms with Crippen molar-refractivity contribution in [3.8, 4) is 0 Å². The smallest absolute Gasteiger partial charge is 0.310 e. The second kappa shape index (κ2) is 6.29. The Morgan fingerprint density at radius 2 is 2.00 bits per heavy atom. The molecule has 0 heterocycles. The van der Waals surface area contributed by atoms with Crippen LogP contribution in [0, 0.1) is 5.92 Å². The van der Waals surface area contributed by atoms with Gasteiger partial charge in [-0.3, -0.25) is 9.59 Å². The van der Waals surface area contributed by atoms with Gasteiger partial charge in [-0.1, -0.05) is 41.4 Å². The minimum absolute atomic E-state index is 0.177. The molecule has 2 rings (SSSR count). The second-order valence-corrected chi connectivity index (χ2v) is 5.48. The van der Waals surface area contributed by atoms with Crippen LogP contribution in [0.4, 0.5) is 0 Å². The van der Waals surface area contributed by atoms with E-state index in [0.717, 1.165) is 5.56 Å². The van der Waals surface area contributed by atoms with Gasteiger partial charge in [0.1, 0.15) is 0 Å². The topological polar surface area (TPSA) is 66.4 Å². The summed E-state index contributed by atoms with van der Waals surface area (Å²) in [6.07, 6.45) is 3.89. The minimum atomic E-state index is -0.873. The Balaban J connectivity index is 1.89. The molecule has 0 spiro atoms. The lowest BCUT2D eigenvalue weighted by Gasteiger charge is -2.12. The molecule has 0 saturated heterocycles. The highest BCUT2D eigenvalue weighted by molar-refractivity contribution is 6.42. The summed E-state index contributed by atoms with van der Waals surface area (Å²) in [5, 5.41) is 12.5. The number of benzene rings is 1. The Hall–Kier alpha value is -1.52. The Labute approximate surface area is 126 Å². The van der Waals surface area contributed by atoms with Crippen LogP contribution < -0.4 is 5.32 Å². The predicted molar refractivity (Wildman–Crippen MR) is 77.0 cm³/mol. The molecule has 2 N–H and O–H groups in total. The van der Waals surface area contributed by atoms with E-state index < -0.39 is 11.9 Å². The van der Waals surface area contributed by atoms with Gasteiger partial charge in [0.05, 0.1) is 22.4 Å². The first-order valence-electron chi connectivity index (χ1n) is 6.10. The van der Waals surface area contributed by atoms with Crippen LogP contribution in [-0.4, -0.2) is 23.0 Å². The van der Waals surface area contributed by atoms with Crippen molar-refractivity contribution in [1.29, 1.82) is 0 Å². The lowest BCUT2D eigenvalue weighted by Crippen LogP contribution is -2.34. The molecule has 1 aliphatic carbocycles. The molecule has 106 valence electrons. The summed E-state index contributed by atoms with van der Waals surface area (Å²) in [5.74, 6) is -1.57. The number of carboxylic acid groups (broad SMARTS) is 1. The van der Waals surface area contributed by atoms with Gasteiger partial charge in [-0.2, -0.15) is 0 Å². The molecule has 2 atom stereocenters. The van der Waals surface area contributed by atoms with E-state index in [9.17, 15) is 9.59 Å². The van der Waals surface area contributed by atoms with Crippen molar-refractivity contribution in [3.63, 3.8) is 0 Å². The maximum Gasteiger partial charge on any atom is 0.310 e. The molecule has 2 unspecified atom stereocenters. The van der Waals surface area contributed by atoms with Gasteiger partial charge in [-0.05, 0) is 24.1 Å². The first-order valence-corrected chi connectivity index (χ1v) is 6.85. The van der Waals surface area contributed by atoms with Crippen LogP contribution in [0.15, 0.2) is 30.4 Å². The average Bonchev–Trinajstić information content (AvgIpc) is 2.82. The van der Waals surface area contributed by atoms with E-state index in [1.54, 1.807) is 30.4 Å². The number of hydrogen-bond acceptors (Lipinski definition) is 2. The molecule has 0 bridgehead atoms. The number of rotatable bonds is 4. The fourth-order valence-corrected chi connectivity index (χ4v) is 2.40. The maximum atomic E-state index is 11.9. The summed E-state index contributed by atoms with van der Waals surface area (Å²) >= 11 is 11.7. The van der Waals surface area contributed by atoms with Crippen molar-refractivity contribution in [1.82, 2.24) is 5.32 Å². The normalized spacial score (nSPS) is 20.9. The van der Waals surface area contributed by atoms with Gasteiger partial charge in [0.15, 0.2) is 0 Å². The SMILES string of the molecule is O=C(Cc1ccc(Cl)c(Cl)c1)NC1C=CC(C(=O)O)C1. The fraction of sp³-hybridized carbons (Fsp3) is 0.286. The van der Waals surface area contributed by atoms with Crippen molar-refractivity contribution >= 4 is 35.1 Å². The van der Waals surface area contributed by atoms with Crippen LogP contribution in [0.1, 0.15) is 12.0 Å². The quantitative estimate of drug-likeness (QED) is 0.840. The Bertz CT molecular complexity index is 572. The summed E-state index contributed by atoms with van der Waals surface area (Å²) in [6.45, 7) is 0. The molecular weight excluding hydrogens is 301 g/mol. The molecule has 1 aromatic rings. The molecule has 1 aromatic carbocycles. The predicted octanol–water partition coefficient (Wildman–Crippen LogP) is 2.68. The van der Waals surface area contributed by atoms with E-state index in [1.807, 2.05) is 0 Å². The summed E-state index contributed by atoms with van der Waals surface area (Å²) < 4.78 is 0. The number of carbonyl (C=O) groups excluding carboxylic acids is 1. The molecule has 0 fully saturated rings. The van der Waals surface area contributed by atoms with Gasteiger partial charge in [-0.15, -0.1) is 0 Å². The van der Waals surface area contributed by atoms with Crippen LogP contribution >= 0.6 is 23.2 Å². The highest BCUT2D eigenvalue weighted by Crippen LogP contribution is 2.23. The largest absolute Gasteiger partial charge is 0.481 e. The highest BCUT2D eigenvalue weighted by Gasteiger charge is 2.25. The molecule has 20 heavy (non-hydrogen) atoms. The lowest BCUT2D eigenvalue weighted by molar-refractivity contribution is -0.140. The number of carboxylic acids is 1. The zero-order valence-electron chi connectivity index (χ0n) is 10.5. The zero-order chi connectivity index (χ0) is 14.7. The summed E-state index contributed by atoms with van der Waals surface area (Å²) in [5.41, 5.74) is 0.758. The molecule has 0 aliphatic heterocycles. The van der Waals surface area contributed by atoms with Crippen LogP contribution in [0.25, 0.3) is 0 Å². The number of halogens is 2. The number of carbonyl (C=O) groups is 2. The zero-order valence-corrected chi connectivity index (χ0v) is 12.0. The van der Waals surface area contributed by atoms with Crippen LogP contribution in [0.3, 0.4) is 0 Å². The molecule has 0 radical (unpaired) electrons. The van der Waals surface area contributed by atoms with Gasteiger partial charge in [0, 0.05) is 6.04 Å². The molecule has 0 aromatic heterocycles. The summed E-state index contributed by atoms with van der Waals surface area (Å²) in [6, 6.07) is 4.79. The number of nitrogens with one attached hydrogen (secondary N) is 1. The summed E-state index contributed by atoms with van der Waals surface area (Å²) in [7, 11) is 0. The third-order valence-corrected chi connectivity index (χ3v) is 3.83. The molecular formula is C14H13Cl2NO3. The monoisotopic (exact) mass is 313 g/mol. The molecule has 1 aliphatic rings. The average molecular weight is 314 g/mol. The van der Waals surface area contributed by atoms with E-state index in [1.165, 1.54) is 0 Å². The van der Waals surface area contributed by atoms with Crippen molar-refractivity contribution in [2.75, 3.05) is 0 Å². The van der Waals surface area contributed by atoms with E-state index in [0.29, 0.717) is 16.5 Å². The van der Waals surface area contributed by atoms with Crippen molar-refractivity contribution in [3.05, 3.63) is 46.0 Å². The fourth-order valence-electron chi connectivity index (χ4n) is 2.08. The Morgan fingerprint density at radius 3 is 2.60 bits per heavy atom. The molecule has 1 amide bonds. The van der Waals surface area contributed by atoms with Crippen LogP contribution in [0.5, 0.6) is 0 Å².